The van der Waals surface area contributed by atoms with Gasteiger partial charge in [-0.1, -0.05) is 6.07 Å². The van der Waals surface area contributed by atoms with Crippen LogP contribution in [-0.4, -0.2) is 24.8 Å². The van der Waals surface area contributed by atoms with Crippen molar-refractivity contribution in [3.63, 3.8) is 0 Å². The molecule has 0 unspecified atom stereocenters. The summed E-state index contributed by atoms with van der Waals surface area (Å²) >= 11 is 0. The molecule has 0 aliphatic rings. The van der Waals surface area contributed by atoms with Crippen molar-refractivity contribution in [3.8, 4) is 11.5 Å². The molecule has 0 heterocycles. The molecule has 4 heteroatoms. The van der Waals surface area contributed by atoms with E-state index in [9.17, 15) is 4.79 Å². The lowest BCUT2D eigenvalue weighted by Crippen LogP contribution is -2.28. The minimum Gasteiger partial charge on any atom is -0.493 e. The molecule has 0 bridgehead atoms. The molecule has 1 aromatic rings. The number of carboxylic acid groups (broad SMARTS) is 1. The molecular weight excluding hydrogens is 220 g/mol. The van der Waals surface area contributed by atoms with Gasteiger partial charge in [-0.25, -0.2) is 0 Å². The van der Waals surface area contributed by atoms with Gasteiger partial charge in [-0.15, -0.1) is 0 Å². The van der Waals surface area contributed by atoms with Gasteiger partial charge in [0, 0.05) is 0 Å². The number of aliphatic carboxylic acids is 1. The highest BCUT2D eigenvalue weighted by Gasteiger charge is 2.30. The van der Waals surface area contributed by atoms with E-state index < -0.39 is 11.4 Å². The van der Waals surface area contributed by atoms with E-state index in [0.29, 0.717) is 23.7 Å². The highest BCUT2D eigenvalue weighted by Crippen LogP contribution is 2.33. The fourth-order valence-corrected chi connectivity index (χ4v) is 1.45. The summed E-state index contributed by atoms with van der Waals surface area (Å²) in [6, 6.07) is 5.20. The summed E-state index contributed by atoms with van der Waals surface area (Å²) in [6.45, 7) is 5.74. The fraction of sp³-hybridized carbons (Fsp3) is 0.462. The van der Waals surface area contributed by atoms with Crippen LogP contribution in [-0.2, 0) is 10.2 Å². The molecule has 0 aliphatic heterocycles. The summed E-state index contributed by atoms with van der Waals surface area (Å²) < 4.78 is 10.6. The zero-order chi connectivity index (χ0) is 13.1. The first-order valence-electron chi connectivity index (χ1n) is 5.48. The summed E-state index contributed by atoms with van der Waals surface area (Å²) in [5.41, 5.74) is -0.261. The molecule has 0 spiro atoms. The first-order chi connectivity index (χ1) is 7.93. The topological polar surface area (TPSA) is 55.8 Å². The lowest BCUT2D eigenvalue weighted by molar-refractivity contribution is -0.142. The molecule has 94 valence electrons. The van der Waals surface area contributed by atoms with E-state index in [0.717, 1.165) is 0 Å². The van der Waals surface area contributed by atoms with E-state index in [1.165, 1.54) is 7.11 Å². The Morgan fingerprint density at radius 2 is 2.00 bits per heavy atom. The monoisotopic (exact) mass is 238 g/mol. The Morgan fingerprint density at radius 1 is 1.35 bits per heavy atom. The Hall–Kier alpha value is -1.71. The highest BCUT2D eigenvalue weighted by atomic mass is 16.5. The normalized spacial score (nSPS) is 11.1. The molecule has 0 amide bonds. The Bertz CT molecular complexity index is 410. The number of methoxy groups -OCH3 is 1. The van der Waals surface area contributed by atoms with Gasteiger partial charge in [0.1, 0.15) is 0 Å². The molecule has 0 fully saturated rings. The lowest BCUT2D eigenvalue weighted by atomic mass is 9.85. The van der Waals surface area contributed by atoms with Crippen LogP contribution in [0.25, 0.3) is 0 Å². The molecule has 0 aliphatic carbocycles. The van der Waals surface area contributed by atoms with Crippen LogP contribution in [0.1, 0.15) is 26.3 Å². The zero-order valence-electron chi connectivity index (χ0n) is 10.6. The second-order valence-electron chi connectivity index (χ2n) is 4.23. The van der Waals surface area contributed by atoms with Crippen molar-refractivity contribution in [1.82, 2.24) is 0 Å². The third-order valence-electron chi connectivity index (χ3n) is 2.72. The van der Waals surface area contributed by atoms with Gasteiger partial charge in [0.25, 0.3) is 0 Å². The molecule has 0 radical (unpaired) electrons. The van der Waals surface area contributed by atoms with E-state index in [1.807, 2.05) is 6.92 Å². The summed E-state index contributed by atoms with van der Waals surface area (Å²) in [4.78, 5) is 11.2. The molecule has 1 N–H and O–H groups in total. The average molecular weight is 238 g/mol. The Balaban J connectivity index is 3.17. The van der Waals surface area contributed by atoms with Crippen LogP contribution < -0.4 is 9.47 Å². The molecule has 0 aromatic heterocycles. The Labute approximate surface area is 101 Å². The number of carboxylic acids is 1. The van der Waals surface area contributed by atoms with Gasteiger partial charge in [-0.2, -0.15) is 0 Å². The quantitative estimate of drug-likeness (QED) is 0.856. The van der Waals surface area contributed by atoms with Crippen LogP contribution in [0.4, 0.5) is 0 Å². The number of carbonyl (C=O) groups is 1. The maximum Gasteiger partial charge on any atom is 0.313 e. The van der Waals surface area contributed by atoms with Crippen molar-refractivity contribution >= 4 is 5.97 Å². The maximum atomic E-state index is 11.2. The van der Waals surface area contributed by atoms with Gasteiger partial charge < -0.3 is 14.6 Å². The molecule has 0 saturated heterocycles. The van der Waals surface area contributed by atoms with Gasteiger partial charge in [0.05, 0.1) is 19.1 Å². The van der Waals surface area contributed by atoms with E-state index in [2.05, 4.69) is 0 Å². The molecular formula is C13H18O4. The van der Waals surface area contributed by atoms with Crippen molar-refractivity contribution < 1.29 is 19.4 Å². The standard InChI is InChI=1S/C13H18O4/c1-5-17-10-7-6-9(8-11(10)16-4)13(2,3)12(14)15/h6-8H,5H2,1-4H3,(H,14,15). The minimum atomic E-state index is -0.946. The summed E-state index contributed by atoms with van der Waals surface area (Å²) in [7, 11) is 1.54. The Morgan fingerprint density at radius 3 is 2.47 bits per heavy atom. The molecule has 17 heavy (non-hydrogen) atoms. The van der Waals surface area contributed by atoms with Gasteiger partial charge in [0.2, 0.25) is 0 Å². The smallest absolute Gasteiger partial charge is 0.313 e. The van der Waals surface area contributed by atoms with E-state index >= 15 is 0 Å². The average Bonchev–Trinajstić information content (AvgIpc) is 2.29. The first kappa shape index (κ1) is 13.4. The summed E-state index contributed by atoms with van der Waals surface area (Å²) in [6.07, 6.45) is 0. The lowest BCUT2D eigenvalue weighted by Gasteiger charge is -2.21. The third-order valence-corrected chi connectivity index (χ3v) is 2.72. The van der Waals surface area contributed by atoms with E-state index in [-0.39, 0.29) is 0 Å². The summed E-state index contributed by atoms with van der Waals surface area (Å²) in [5, 5.41) is 9.16. The third kappa shape index (κ3) is 2.70. The van der Waals surface area contributed by atoms with Crippen LogP contribution in [0.3, 0.4) is 0 Å². The van der Waals surface area contributed by atoms with Gasteiger partial charge >= 0.3 is 5.97 Å². The van der Waals surface area contributed by atoms with Crippen molar-refractivity contribution in [2.24, 2.45) is 0 Å². The van der Waals surface area contributed by atoms with Crippen molar-refractivity contribution in [2.45, 2.75) is 26.2 Å². The van der Waals surface area contributed by atoms with Crippen molar-refractivity contribution in [2.75, 3.05) is 13.7 Å². The van der Waals surface area contributed by atoms with E-state index in [1.54, 1.807) is 32.0 Å². The van der Waals surface area contributed by atoms with Gasteiger partial charge in [-0.3, -0.25) is 4.79 Å². The van der Waals surface area contributed by atoms with Crippen LogP contribution in [0.15, 0.2) is 18.2 Å². The van der Waals surface area contributed by atoms with Crippen LogP contribution >= 0.6 is 0 Å². The highest BCUT2D eigenvalue weighted by molar-refractivity contribution is 5.80. The molecule has 1 rings (SSSR count). The van der Waals surface area contributed by atoms with Gasteiger partial charge in [-0.05, 0) is 38.5 Å². The first-order valence-corrected chi connectivity index (χ1v) is 5.48. The number of ether oxygens (including phenoxy) is 2. The largest absolute Gasteiger partial charge is 0.493 e. The number of hydrogen-bond donors (Lipinski definition) is 1. The van der Waals surface area contributed by atoms with Crippen molar-refractivity contribution in [3.05, 3.63) is 23.8 Å². The predicted octanol–water partition coefficient (Wildman–Crippen LogP) is 2.46. The van der Waals surface area contributed by atoms with Crippen LogP contribution in [0.2, 0.25) is 0 Å². The number of rotatable bonds is 5. The Kier molecular flexibility index (Phi) is 3.99. The van der Waals surface area contributed by atoms with Gasteiger partial charge in [0.15, 0.2) is 11.5 Å². The summed E-state index contributed by atoms with van der Waals surface area (Å²) in [5.74, 6) is 0.308. The fourth-order valence-electron chi connectivity index (χ4n) is 1.45. The zero-order valence-corrected chi connectivity index (χ0v) is 10.6. The second kappa shape index (κ2) is 5.08. The predicted molar refractivity (Wildman–Crippen MR) is 64.8 cm³/mol. The number of benzene rings is 1. The maximum absolute atomic E-state index is 11.2. The van der Waals surface area contributed by atoms with Crippen LogP contribution in [0, 0.1) is 0 Å². The molecule has 1 aromatic carbocycles. The van der Waals surface area contributed by atoms with E-state index in [4.69, 9.17) is 14.6 Å². The number of hydrogen-bond acceptors (Lipinski definition) is 3. The minimum absolute atomic E-state index is 0.540. The van der Waals surface area contributed by atoms with Crippen molar-refractivity contribution in [1.29, 1.82) is 0 Å². The second-order valence-corrected chi connectivity index (χ2v) is 4.23. The van der Waals surface area contributed by atoms with Crippen LogP contribution in [0.5, 0.6) is 11.5 Å². The molecule has 4 nitrogen and oxygen atoms in total. The SMILES string of the molecule is CCOc1ccc(C(C)(C)C(=O)O)cc1OC. The molecule has 0 atom stereocenters. The molecule has 0 saturated carbocycles.